The van der Waals surface area contributed by atoms with Crippen molar-refractivity contribution in [1.82, 2.24) is 4.90 Å². The fourth-order valence-electron chi connectivity index (χ4n) is 3.82. The number of hydrogen-bond donors (Lipinski definition) is 0. The van der Waals surface area contributed by atoms with Crippen molar-refractivity contribution in [2.24, 2.45) is 0 Å². The molecule has 0 N–H and O–H groups in total. The molecule has 4 rings (SSSR count). The van der Waals surface area contributed by atoms with Crippen molar-refractivity contribution in [3.05, 3.63) is 59.1 Å². The molecular formula is C21H22ClN3O2. The Hall–Kier alpha value is -2.37. The fraction of sp³-hybridized carbons (Fsp3) is 0.333. The van der Waals surface area contributed by atoms with Crippen LogP contribution in [0.15, 0.2) is 48.5 Å². The predicted molar refractivity (Wildman–Crippen MR) is 107 cm³/mol. The molecule has 2 aromatic rings. The van der Waals surface area contributed by atoms with Crippen LogP contribution in [0.1, 0.15) is 12.0 Å². The van der Waals surface area contributed by atoms with Crippen molar-refractivity contribution in [2.75, 3.05) is 36.0 Å². The van der Waals surface area contributed by atoms with Crippen LogP contribution in [0, 0.1) is 6.92 Å². The molecule has 0 radical (unpaired) electrons. The third-order valence-electron chi connectivity index (χ3n) is 5.41. The predicted octanol–water partition coefficient (Wildman–Crippen LogP) is 3.10. The third kappa shape index (κ3) is 3.45. The lowest BCUT2D eigenvalue weighted by Crippen LogP contribution is -2.52. The number of para-hydroxylation sites is 1. The minimum absolute atomic E-state index is 0.145. The highest BCUT2D eigenvalue weighted by Crippen LogP contribution is 2.30. The van der Waals surface area contributed by atoms with Crippen molar-refractivity contribution in [3.8, 4) is 0 Å². The summed E-state index contributed by atoms with van der Waals surface area (Å²) in [5, 5.41) is 0.563. The monoisotopic (exact) mass is 383 g/mol. The van der Waals surface area contributed by atoms with Gasteiger partial charge < -0.3 is 4.90 Å². The van der Waals surface area contributed by atoms with Gasteiger partial charge >= 0.3 is 0 Å². The largest absolute Gasteiger partial charge is 0.369 e. The maximum atomic E-state index is 13.0. The molecule has 0 unspecified atom stereocenters. The lowest BCUT2D eigenvalue weighted by atomic mass is 10.1. The topological polar surface area (TPSA) is 43.9 Å². The summed E-state index contributed by atoms with van der Waals surface area (Å²) in [5.74, 6) is -0.302. The number of rotatable bonds is 3. The molecule has 2 aliphatic rings. The summed E-state index contributed by atoms with van der Waals surface area (Å²) in [7, 11) is 0. The smallest absolute Gasteiger partial charge is 0.251 e. The van der Waals surface area contributed by atoms with Gasteiger partial charge in [0.25, 0.3) is 5.91 Å². The Labute approximate surface area is 164 Å². The van der Waals surface area contributed by atoms with Crippen molar-refractivity contribution in [1.29, 1.82) is 0 Å². The van der Waals surface area contributed by atoms with Gasteiger partial charge in [0.15, 0.2) is 0 Å². The molecule has 2 aliphatic heterocycles. The number of imide groups is 1. The SMILES string of the molecule is Cc1ccc(N2C(=O)C[C@H](N3CCN(c4ccccc4)CC3)C2=O)cc1Cl. The van der Waals surface area contributed by atoms with Crippen LogP contribution in [0.3, 0.4) is 0 Å². The zero-order valence-electron chi connectivity index (χ0n) is 15.3. The number of piperazine rings is 1. The molecule has 140 valence electrons. The number of carbonyl (C=O) groups excluding carboxylic acids is 2. The lowest BCUT2D eigenvalue weighted by molar-refractivity contribution is -0.123. The number of anilines is 2. The lowest BCUT2D eigenvalue weighted by Gasteiger charge is -2.38. The average Bonchev–Trinajstić information content (AvgIpc) is 2.99. The van der Waals surface area contributed by atoms with Crippen LogP contribution in [0.5, 0.6) is 0 Å². The van der Waals surface area contributed by atoms with Crippen LogP contribution >= 0.6 is 11.6 Å². The van der Waals surface area contributed by atoms with Gasteiger partial charge in [-0.3, -0.25) is 14.5 Å². The molecule has 2 fully saturated rings. The van der Waals surface area contributed by atoms with Crippen LogP contribution in [-0.4, -0.2) is 48.9 Å². The molecule has 2 heterocycles. The minimum Gasteiger partial charge on any atom is -0.369 e. The minimum atomic E-state index is -0.379. The first kappa shape index (κ1) is 18.0. The van der Waals surface area contributed by atoms with E-state index in [-0.39, 0.29) is 24.3 Å². The molecule has 5 nitrogen and oxygen atoms in total. The molecule has 0 saturated carbocycles. The van der Waals surface area contributed by atoms with Crippen LogP contribution in [-0.2, 0) is 9.59 Å². The van der Waals surface area contributed by atoms with E-state index < -0.39 is 0 Å². The maximum Gasteiger partial charge on any atom is 0.251 e. The fourth-order valence-corrected chi connectivity index (χ4v) is 4.00. The average molecular weight is 384 g/mol. The number of halogens is 1. The van der Waals surface area contributed by atoms with Crippen LogP contribution in [0.25, 0.3) is 0 Å². The summed E-state index contributed by atoms with van der Waals surface area (Å²) in [4.78, 5) is 31.3. The molecule has 0 bridgehead atoms. The highest BCUT2D eigenvalue weighted by Gasteiger charge is 2.43. The summed E-state index contributed by atoms with van der Waals surface area (Å²) in [6.07, 6.45) is 0.232. The molecular weight excluding hydrogens is 362 g/mol. The second kappa shape index (κ2) is 7.33. The number of benzene rings is 2. The zero-order chi connectivity index (χ0) is 19.0. The number of nitrogens with zero attached hydrogens (tertiary/aromatic N) is 3. The highest BCUT2D eigenvalue weighted by atomic mass is 35.5. The standard InChI is InChI=1S/C21H22ClN3O2/c1-15-7-8-17(13-18(15)22)25-20(26)14-19(21(25)27)24-11-9-23(10-12-24)16-5-3-2-4-6-16/h2-8,13,19H,9-12,14H2,1H3/t19-/m0/s1. The van der Waals surface area contributed by atoms with Crippen molar-refractivity contribution >= 4 is 34.8 Å². The third-order valence-corrected chi connectivity index (χ3v) is 5.82. The zero-order valence-corrected chi connectivity index (χ0v) is 16.0. The van der Waals surface area contributed by atoms with Gasteiger partial charge in [0.05, 0.1) is 18.2 Å². The highest BCUT2D eigenvalue weighted by molar-refractivity contribution is 6.32. The maximum absolute atomic E-state index is 13.0. The Morgan fingerprint density at radius 2 is 1.63 bits per heavy atom. The first-order valence-electron chi connectivity index (χ1n) is 9.21. The Morgan fingerprint density at radius 3 is 2.30 bits per heavy atom. The summed E-state index contributed by atoms with van der Waals surface area (Å²) in [6, 6.07) is 15.2. The summed E-state index contributed by atoms with van der Waals surface area (Å²) >= 11 is 6.18. The quantitative estimate of drug-likeness (QED) is 0.764. The van der Waals surface area contributed by atoms with E-state index in [1.807, 2.05) is 31.2 Å². The molecule has 0 spiro atoms. The van der Waals surface area contributed by atoms with Gasteiger partial charge in [-0.25, -0.2) is 4.90 Å². The number of hydrogen-bond acceptors (Lipinski definition) is 4. The number of aryl methyl sites for hydroxylation is 1. The molecule has 0 aliphatic carbocycles. The number of carbonyl (C=O) groups is 2. The molecule has 1 atom stereocenters. The van der Waals surface area contributed by atoms with Crippen molar-refractivity contribution < 1.29 is 9.59 Å². The Kier molecular flexibility index (Phi) is 4.89. The van der Waals surface area contributed by atoms with E-state index >= 15 is 0 Å². The molecule has 27 heavy (non-hydrogen) atoms. The van der Waals surface area contributed by atoms with Crippen LogP contribution in [0.4, 0.5) is 11.4 Å². The van der Waals surface area contributed by atoms with Crippen LogP contribution < -0.4 is 9.80 Å². The van der Waals surface area contributed by atoms with E-state index in [1.165, 1.54) is 10.6 Å². The van der Waals surface area contributed by atoms with E-state index in [9.17, 15) is 9.59 Å². The van der Waals surface area contributed by atoms with Gasteiger partial charge in [-0.2, -0.15) is 0 Å². The van der Waals surface area contributed by atoms with E-state index in [4.69, 9.17) is 11.6 Å². The van der Waals surface area contributed by atoms with E-state index in [2.05, 4.69) is 21.9 Å². The van der Waals surface area contributed by atoms with Gasteiger partial charge in [0.1, 0.15) is 0 Å². The Morgan fingerprint density at radius 1 is 0.926 bits per heavy atom. The van der Waals surface area contributed by atoms with Crippen molar-refractivity contribution in [2.45, 2.75) is 19.4 Å². The van der Waals surface area contributed by atoms with E-state index in [1.54, 1.807) is 12.1 Å². The van der Waals surface area contributed by atoms with Crippen molar-refractivity contribution in [3.63, 3.8) is 0 Å². The first-order chi connectivity index (χ1) is 13.0. The number of amides is 2. The second-order valence-corrected chi connectivity index (χ2v) is 7.49. The summed E-state index contributed by atoms with van der Waals surface area (Å²) in [6.45, 7) is 5.12. The second-order valence-electron chi connectivity index (χ2n) is 7.08. The van der Waals surface area contributed by atoms with Gasteiger partial charge in [-0.05, 0) is 36.8 Å². The van der Waals surface area contributed by atoms with Gasteiger partial charge in [0.2, 0.25) is 5.91 Å². The van der Waals surface area contributed by atoms with E-state index in [0.717, 1.165) is 31.7 Å². The Balaban J connectivity index is 1.45. The van der Waals surface area contributed by atoms with Crippen LogP contribution in [0.2, 0.25) is 5.02 Å². The molecule has 0 aromatic heterocycles. The van der Waals surface area contributed by atoms with E-state index in [0.29, 0.717) is 10.7 Å². The molecule has 2 saturated heterocycles. The first-order valence-corrected chi connectivity index (χ1v) is 9.59. The summed E-state index contributed by atoms with van der Waals surface area (Å²) < 4.78 is 0. The molecule has 2 aromatic carbocycles. The van der Waals surface area contributed by atoms with Gasteiger partial charge in [-0.1, -0.05) is 35.9 Å². The Bertz CT molecular complexity index is 863. The van der Waals surface area contributed by atoms with Gasteiger partial charge in [-0.15, -0.1) is 0 Å². The normalized spacial score (nSPS) is 21.2. The molecule has 2 amide bonds. The van der Waals surface area contributed by atoms with Gasteiger partial charge in [0, 0.05) is 36.9 Å². The summed E-state index contributed by atoms with van der Waals surface area (Å²) in [5.41, 5.74) is 2.68. The molecule has 6 heteroatoms.